The number of rotatable bonds is 2. The summed E-state index contributed by atoms with van der Waals surface area (Å²) in [6.07, 6.45) is 1.76. The van der Waals surface area contributed by atoms with Crippen molar-refractivity contribution < 1.29 is 19.0 Å². The minimum Gasteiger partial charge on any atom is -0.502 e. The van der Waals surface area contributed by atoms with Crippen LogP contribution in [0.2, 0.25) is 0 Å². The summed E-state index contributed by atoms with van der Waals surface area (Å²) in [5, 5.41) is 12.1. The van der Waals surface area contributed by atoms with Crippen LogP contribution in [0.1, 0.15) is 16.8 Å². The number of aromatic nitrogens is 1. The van der Waals surface area contributed by atoms with Crippen molar-refractivity contribution in [3.8, 4) is 17.2 Å². The quantitative estimate of drug-likeness (QED) is 0.583. The number of pyridine rings is 2. The van der Waals surface area contributed by atoms with E-state index >= 15 is 0 Å². The van der Waals surface area contributed by atoms with Crippen molar-refractivity contribution in [3.05, 3.63) is 41.2 Å². The van der Waals surface area contributed by atoms with Crippen LogP contribution in [0.15, 0.2) is 24.4 Å². The summed E-state index contributed by atoms with van der Waals surface area (Å²) in [7, 11) is 3.21. The maximum absolute atomic E-state index is 10.4. The van der Waals surface area contributed by atoms with Crippen LogP contribution in [0, 0.1) is 20.8 Å². The average Bonchev–Trinajstić information content (AvgIpc) is 2.51. The van der Waals surface area contributed by atoms with E-state index in [1.807, 2.05) is 23.5 Å². The van der Waals surface area contributed by atoms with E-state index in [1.165, 1.54) is 5.56 Å². The number of hydrogen-bond donors (Lipinski definition) is 1. The van der Waals surface area contributed by atoms with E-state index in [0.717, 1.165) is 27.5 Å². The number of ether oxygens (including phenoxy) is 2. The fourth-order valence-electron chi connectivity index (χ4n) is 3.03. The van der Waals surface area contributed by atoms with Gasteiger partial charge in [-0.3, -0.25) is 0 Å². The number of aromatic hydroxyl groups is 1. The maximum atomic E-state index is 10.4. The first-order valence-corrected chi connectivity index (χ1v) is 7.17. The molecule has 0 amide bonds. The van der Waals surface area contributed by atoms with Crippen molar-refractivity contribution in [1.29, 1.82) is 0 Å². The summed E-state index contributed by atoms with van der Waals surface area (Å²) >= 11 is 0. The van der Waals surface area contributed by atoms with Crippen molar-refractivity contribution >= 4 is 16.3 Å². The van der Waals surface area contributed by atoms with Gasteiger partial charge in [0.25, 0.3) is 0 Å². The lowest BCUT2D eigenvalue weighted by atomic mass is 10.0. The Bertz CT molecular complexity index is 900. The van der Waals surface area contributed by atoms with Gasteiger partial charge in [-0.2, -0.15) is 4.40 Å². The summed E-state index contributed by atoms with van der Waals surface area (Å²) in [6, 6.07) is 5.90. The summed E-state index contributed by atoms with van der Waals surface area (Å²) in [5.74, 6) is 1.48. The van der Waals surface area contributed by atoms with Crippen LogP contribution in [0.5, 0.6) is 17.2 Å². The fraction of sp³-hybridized carbons (Fsp3) is 0.278. The average molecular weight is 298 g/mol. The van der Waals surface area contributed by atoms with E-state index in [1.54, 1.807) is 20.4 Å². The lowest BCUT2D eigenvalue weighted by Gasteiger charge is -2.11. The van der Waals surface area contributed by atoms with E-state index in [9.17, 15) is 5.11 Å². The van der Waals surface area contributed by atoms with Crippen LogP contribution in [0.4, 0.5) is 0 Å². The molecule has 114 valence electrons. The summed E-state index contributed by atoms with van der Waals surface area (Å²) in [6.45, 7) is 6.20. The maximum Gasteiger partial charge on any atom is 0.222 e. The molecule has 3 aromatic rings. The molecule has 1 aromatic carbocycles. The third kappa shape index (κ3) is 1.95. The molecule has 0 aliphatic rings. The second-order valence-corrected chi connectivity index (χ2v) is 5.58. The predicted molar refractivity (Wildman–Crippen MR) is 86.1 cm³/mol. The molecule has 0 saturated carbocycles. The van der Waals surface area contributed by atoms with Gasteiger partial charge in [0.15, 0.2) is 22.9 Å². The summed E-state index contributed by atoms with van der Waals surface area (Å²) < 4.78 is 12.8. The molecule has 0 aliphatic heterocycles. The number of benzene rings is 1. The Kier molecular flexibility index (Phi) is 3.32. The highest BCUT2D eigenvalue weighted by molar-refractivity contribution is 6.00. The number of fused-ring (bicyclic) bond motifs is 3. The Morgan fingerprint density at radius 2 is 1.45 bits per heavy atom. The lowest BCUT2D eigenvalue weighted by molar-refractivity contribution is -0.520. The molecule has 0 bridgehead atoms. The smallest absolute Gasteiger partial charge is 0.222 e. The highest BCUT2D eigenvalue weighted by Gasteiger charge is 2.21. The Morgan fingerprint density at radius 1 is 0.864 bits per heavy atom. The third-order valence-electron chi connectivity index (χ3n) is 4.29. The molecule has 0 aliphatic carbocycles. The molecule has 0 radical (unpaired) electrons. The topological polar surface area (TPSA) is 42.8 Å². The van der Waals surface area contributed by atoms with Gasteiger partial charge in [-0.1, -0.05) is 0 Å². The first-order chi connectivity index (χ1) is 10.5. The zero-order valence-corrected chi connectivity index (χ0v) is 13.5. The first kappa shape index (κ1) is 14.4. The number of aryl methyl sites for hydroxylation is 3. The van der Waals surface area contributed by atoms with Crippen LogP contribution in [0.3, 0.4) is 0 Å². The third-order valence-corrected chi connectivity index (χ3v) is 4.29. The molecule has 1 N–H and O–H groups in total. The Balaban J connectivity index is 2.57. The molecule has 0 atom stereocenters. The van der Waals surface area contributed by atoms with Gasteiger partial charge in [-0.15, -0.1) is 0 Å². The molecule has 0 saturated heterocycles. The zero-order valence-electron chi connectivity index (χ0n) is 13.5. The molecule has 4 nitrogen and oxygen atoms in total. The van der Waals surface area contributed by atoms with Gasteiger partial charge in [0, 0.05) is 23.4 Å². The lowest BCUT2D eigenvalue weighted by Crippen LogP contribution is -2.27. The van der Waals surface area contributed by atoms with Gasteiger partial charge < -0.3 is 14.6 Å². The molecular formula is C18H20NO3+. The highest BCUT2D eigenvalue weighted by atomic mass is 16.5. The summed E-state index contributed by atoms with van der Waals surface area (Å²) in [5.41, 5.74) is 4.51. The second-order valence-electron chi connectivity index (χ2n) is 5.58. The summed E-state index contributed by atoms with van der Waals surface area (Å²) in [4.78, 5) is 0. The zero-order chi connectivity index (χ0) is 16.0. The number of hydrogen-bond acceptors (Lipinski definition) is 3. The molecule has 3 rings (SSSR count). The van der Waals surface area contributed by atoms with Gasteiger partial charge in [-0.05, 0) is 32.0 Å². The van der Waals surface area contributed by atoms with Gasteiger partial charge in [0.2, 0.25) is 11.7 Å². The Morgan fingerprint density at radius 3 is 2.05 bits per heavy atom. The largest absolute Gasteiger partial charge is 0.502 e. The monoisotopic (exact) mass is 298 g/mol. The fourth-order valence-corrected chi connectivity index (χ4v) is 3.03. The Labute approximate surface area is 129 Å². The molecular weight excluding hydrogens is 278 g/mol. The predicted octanol–water partition coefficient (Wildman–Crippen LogP) is 3.23. The van der Waals surface area contributed by atoms with E-state index in [4.69, 9.17) is 9.47 Å². The SMILES string of the molecule is COc1cc2c(O)c[n+]3c(C)c(C)cc(C)c3c2cc1OC. The van der Waals surface area contributed by atoms with Crippen LogP contribution in [0.25, 0.3) is 16.3 Å². The highest BCUT2D eigenvalue weighted by Crippen LogP contribution is 2.37. The van der Waals surface area contributed by atoms with Gasteiger partial charge in [0.05, 0.1) is 19.6 Å². The van der Waals surface area contributed by atoms with E-state index in [-0.39, 0.29) is 5.75 Å². The van der Waals surface area contributed by atoms with Crippen LogP contribution >= 0.6 is 0 Å². The van der Waals surface area contributed by atoms with E-state index in [0.29, 0.717) is 11.5 Å². The minimum atomic E-state index is 0.224. The van der Waals surface area contributed by atoms with Crippen LogP contribution < -0.4 is 13.9 Å². The van der Waals surface area contributed by atoms with E-state index in [2.05, 4.69) is 19.9 Å². The molecule has 0 fully saturated rings. The molecule has 4 heteroatoms. The molecule has 2 heterocycles. The van der Waals surface area contributed by atoms with Crippen molar-refractivity contribution in [1.82, 2.24) is 0 Å². The van der Waals surface area contributed by atoms with E-state index < -0.39 is 0 Å². The first-order valence-electron chi connectivity index (χ1n) is 7.17. The normalized spacial score (nSPS) is 11.1. The van der Waals surface area contributed by atoms with Crippen LogP contribution in [-0.4, -0.2) is 19.3 Å². The minimum absolute atomic E-state index is 0.224. The van der Waals surface area contributed by atoms with Gasteiger partial charge in [-0.25, -0.2) is 0 Å². The van der Waals surface area contributed by atoms with Crippen molar-refractivity contribution in [2.24, 2.45) is 0 Å². The van der Waals surface area contributed by atoms with Gasteiger partial charge >= 0.3 is 0 Å². The molecule has 22 heavy (non-hydrogen) atoms. The molecule has 0 spiro atoms. The van der Waals surface area contributed by atoms with Crippen LogP contribution in [-0.2, 0) is 0 Å². The van der Waals surface area contributed by atoms with Gasteiger partial charge in [0.1, 0.15) is 0 Å². The Hall–Kier alpha value is -2.49. The molecule has 2 aromatic heterocycles. The van der Waals surface area contributed by atoms with Crippen molar-refractivity contribution in [2.75, 3.05) is 14.2 Å². The standard InChI is InChI=1S/C18H19NO3/c1-10-6-11(2)18-14-8-17(22-5)16(21-4)7-13(14)15(20)9-19(18)12(10)3/h6-9H,1-5H3/p+1. The van der Waals surface area contributed by atoms with Crippen molar-refractivity contribution in [2.45, 2.75) is 20.8 Å². The number of nitrogens with zero attached hydrogens (tertiary/aromatic N) is 1. The molecule has 0 unspecified atom stereocenters. The number of methoxy groups -OCH3 is 2. The second kappa shape index (κ2) is 5.05. The van der Waals surface area contributed by atoms with Crippen molar-refractivity contribution in [3.63, 3.8) is 0 Å².